The van der Waals surface area contributed by atoms with Crippen LogP contribution in [0.3, 0.4) is 0 Å². The molecule has 0 saturated carbocycles. The van der Waals surface area contributed by atoms with Crippen LogP contribution in [0.2, 0.25) is 0 Å². The first kappa shape index (κ1) is 8.20. The number of nitrogens with one attached hydrogen (secondary N) is 1. The standard InChI is InChI=1S/C6H9BrN2S/c1-9-6(8)4-2-3-5(7)10-4/h2-3,6,9H,8H2,1H3. The van der Waals surface area contributed by atoms with Crippen molar-refractivity contribution >= 4 is 27.3 Å². The first-order valence-electron chi connectivity index (χ1n) is 2.92. The number of rotatable bonds is 2. The van der Waals surface area contributed by atoms with E-state index >= 15 is 0 Å². The molecule has 0 bridgehead atoms. The van der Waals surface area contributed by atoms with Crippen LogP contribution in [0.1, 0.15) is 11.0 Å². The van der Waals surface area contributed by atoms with E-state index in [1.165, 1.54) is 0 Å². The third-order valence-electron chi connectivity index (χ3n) is 1.21. The molecule has 2 nitrogen and oxygen atoms in total. The summed E-state index contributed by atoms with van der Waals surface area (Å²) in [6.07, 6.45) is -0.0312. The molecule has 1 rings (SSSR count). The van der Waals surface area contributed by atoms with Gasteiger partial charge in [-0.2, -0.15) is 0 Å². The van der Waals surface area contributed by atoms with Crippen LogP contribution in [0.15, 0.2) is 15.9 Å². The molecule has 1 heterocycles. The van der Waals surface area contributed by atoms with Crippen molar-refractivity contribution in [2.24, 2.45) is 5.73 Å². The van der Waals surface area contributed by atoms with Gasteiger partial charge in [0, 0.05) is 4.88 Å². The molecule has 0 aliphatic heterocycles. The van der Waals surface area contributed by atoms with Gasteiger partial charge in [0.15, 0.2) is 0 Å². The summed E-state index contributed by atoms with van der Waals surface area (Å²) < 4.78 is 1.12. The number of nitrogens with two attached hydrogens (primary N) is 1. The van der Waals surface area contributed by atoms with Crippen LogP contribution < -0.4 is 11.1 Å². The van der Waals surface area contributed by atoms with Gasteiger partial charge in [-0.1, -0.05) is 0 Å². The minimum absolute atomic E-state index is 0.0312. The summed E-state index contributed by atoms with van der Waals surface area (Å²) in [4.78, 5) is 1.15. The Bertz CT molecular complexity index is 211. The van der Waals surface area contributed by atoms with Gasteiger partial charge in [0.2, 0.25) is 0 Å². The Labute approximate surface area is 72.6 Å². The topological polar surface area (TPSA) is 38.0 Å². The largest absolute Gasteiger partial charge is 0.311 e. The van der Waals surface area contributed by atoms with Crippen LogP contribution >= 0.6 is 27.3 Å². The Morgan fingerprint density at radius 1 is 1.70 bits per heavy atom. The smallest absolute Gasteiger partial charge is 0.0902 e. The maximum Gasteiger partial charge on any atom is 0.0902 e. The second-order valence-corrected chi connectivity index (χ2v) is 4.40. The highest BCUT2D eigenvalue weighted by molar-refractivity contribution is 9.11. The molecule has 4 heteroatoms. The van der Waals surface area contributed by atoms with Gasteiger partial charge in [0.25, 0.3) is 0 Å². The summed E-state index contributed by atoms with van der Waals surface area (Å²) >= 11 is 5.01. The van der Waals surface area contributed by atoms with Crippen molar-refractivity contribution in [2.75, 3.05) is 7.05 Å². The van der Waals surface area contributed by atoms with E-state index in [9.17, 15) is 0 Å². The summed E-state index contributed by atoms with van der Waals surface area (Å²) in [5.41, 5.74) is 5.69. The molecule has 0 radical (unpaired) electrons. The van der Waals surface area contributed by atoms with Gasteiger partial charge in [0.05, 0.1) is 9.95 Å². The summed E-state index contributed by atoms with van der Waals surface area (Å²) in [6, 6.07) is 4.01. The molecule has 0 fully saturated rings. The molecule has 1 atom stereocenters. The van der Waals surface area contributed by atoms with Crippen LogP contribution in [0.5, 0.6) is 0 Å². The van der Waals surface area contributed by atoms with E-state index in [-0.39, 0.29) is 6.17 Å². The van der Waals surface area contributed by atoms with Crippen LogP contribution in [0, 0.1) is 0 Å². The minimum atomic E-state index is -0.0312. The predicted octanol–water partition coefficient (Wildman–Crippen LogP) is 1.69. The highest BCUT2D eigenvalue weighted by atomic mass is 79.9. The lowest BCUT2D eigenvalue weighted by Crippen LogP contribution is -2.23. The normalized spacial score (nSPS) is 13.5. The molecule has 0 amide bonds. The molecule has 0 aliphatic rings. The fourth-order valence-electron chi connectivity index (χ4n) is 0.638. The number of thiophene rings is 1. The third kappa shape index (κ3) is 1.79. The summed E-state index contributed by atoms with van der Waals surface area (Å²) in [7, 11) is 1.85. The van der Waals surface area contributed by atoms with Gasteiger partial charge in [0.1, 0.15) is 0 Å². The number of hydrogen-bond acceptors (Lipinski definition) is 3. The van der Waals surface area contributed by atoms with Crippen molar-refractivity contribution < 1.29 is 0 Å². The number of halogens is 1. The SMILES string of the molecule is CNC(N)c1ccc(Br)s1. The van der Waals surface area contributed by atoms with E-state index in [0.717, 1.165) is 8.66 Å². The molecule has 1 aromatic rings. The quantitative estimate of drug-likeness (QED) is 0.746. The van der Waals surface area contributed by atoms with Gasteiger partial charge in [-0.15, -0.1) is 11.3 Å². The Hall–Kier alpha value is 0.1000. The second-order valence-electron chi connectivity index (χ2n) is 1.91. The van der Waals surface area contributed by atoms with Gasteiger partial charge in [-0.25, -0.2) is 0 Å². The maximum absolute atomic E-state index is 5.69. The lowest BCUT2D eigenvalue weighted by molar-refractivity contribution is 0.633. The highest BCUT2D eigenvalue weighted by Gasteiger charge is 2.03. The Morgan fingerprint density at radius 2 is 2.40 bits per heavy atom. The minimum Gasteiger partial charge on any atom is -0.311 e. The van der Waals surface area contributed by atoms with E-state index in [1.807, 2.05) is 19.2 Å². The van der Waals surface area contributed by atoms with Crippen LogP contribution in [-0.2, 0) is 0 Å². The van der Waals surface area contributed by atoms with E-state index < -0.39 is 0 Å². The van der Waals surface area contributed by atoms with E-state index in [1.54, 1.807) is 11.3 Å². The van der Waals surface area contributed by atoms with E-state index in [2.05, 4.69) is 21.2 Å². The molecule has 0 aromatic carbocycles. The molecule has 3 N–H and O–H groups in total. The molecule has 0 spiro atoms. The molecule has 10 heavy (non-hydrogen) atoms. The van der Waals surface area contributed by atoms with Crippen LogP contribution in [-0.4, -0.2) is 7.05 Å². The molecular formula is C6H9BrN2S. The van der Waals surface area contributed by atoms with Crippen LogP contribution in [0.4, 0.5) is 0 Å². The van der Waals surface area contributed by atoms with Gasteiger partial charge < -0.3 is 11.1 Å². The monoisotopic (exact) mass is 220 g/mol. The zero-order valence-electron chi connectivity index (χ0n) is 5.60. The van der Waals surface area contributed by atoms with Crippen molar-refractivity contribution in [3.05, 3.63) is 20.8 Å². The average molecular weight is 221 g/mol. The average Bonchev–Trinajstić information content (AvgIpc) is 2.34. The van der Waals surface area contributed by atoms with Gasteiger partial charge >= 0.3 is 0 Å². The summed E-state index contributed by atoms with van der Waals surface area (Å²) in [6.45, 7) is 0. The Kier molecular flexibility index (Phi) is 2.85. The van der Waals surface area contributed by atoms with E-state index in [0.29, 0.717) is 0 Å². The molecule has 1 unspecified atom stereocenters. The highest BCUT2D eigenvalue weighted by Crippen LogP contribution is 2.24. The van der Waals surface area contributed by atoms with E-state index in [4.69, 9.17) is 5.73 Å². The first-order valence-corrected chi connectivity index (χ1v) is 4.53. The Morgan fingerprint density at radius 3 is 2.80 bits per heavy atom. The lowest BCUT2D eigenvalue weighted by atomic mass is 10.4. The third-order valence-corrected chi connectivity index (χ3v) is 2.92. The number of hydrogen-bond donors (Lipinski definition) is 2. The maximum atomic E-state index is 5.69. The van der Waals surface area contributed by atoms with Gasteiger partial charge in [-0.3, -0.25) is 0 Å². The van der Waals surface area contributed by atoms with Crippen molar-refractivity contribution in [1.29, 1.82) is 0 Å². The first-order chi connectivity index (χ1) is 4.74. The fourth-order valence-corrected chi connectivity index (χ4v) is 2.07. The van der Waals surface area contributed by atoms with Crippen LogP contribution in [0.25, 0.3) is 0 Å². The molecule has 0 aliphatic carbocycles. The predicted molar refractivity (Wildman–Crippen MR) is 48.0 cm³/mol. The second kappa shape index (κ2) is 3.48. The molecule has 0 saturated heterocycles. The molecule has 1 aromatic heterocycles. The Balaban J connectivity index is 2.74. The fraction of sp³-hybridized carbons (Fsp3) is 0.333. The zero-order chi connectivity index (χ0) is 7.56. The summed E-state index contributed by atoms with van der Waals surface area (Å²) in [5.74, 6) is 0. The lowest BCUT2D eigenvalue weighted by Gasteiger charge is -2.05. The summed E-state index contributed by atoms with van der Waals surface area (Å²) in [5, 5.41) is 2.96. The van der Waals surface area contributed by atoms with Gasteiger partial charge in [-0.05, 0) is 35.1 Å². The van der Waals surface area contributed by atoms with Crippen molar-refractivity contribution in [3.8, 4) is 0 Å². The molecular weight excluding hydrogens is 212 g/mol. The van der Waals surface area contributed by atoms with Crippen molar-refractivity contribution in [3.63, 3.8) is 0 Å². The molecule has 56 valence electrons. The van der Waals surface area contributed by atoms with Crippen molar-refractivity contribution in [2.45, 2.75) is 6.17 Å². The van der Waals surface area contributed by atoms with Crippen molar-refractivity contribution in [1.82, 2.24) is 5.32 Å². The zero-order valence-corrected chi connectivity index (χ0v) is 8.00.